The summed E-state index contributed by atoms with van der Waals surface area (Å²) < 4.78 is 45.8. The van der Waals surface area contributed by atoms with Crippen molar-refractivity contribution in [3.63, 3.8) is 0 Å². The molecule has 0 aromatic rings. The maximum absolute atomic E-state index is 11.8. The quantitative estimate of drug-likeness (QED) is 0.530. The maximum atomic E-state index is 11.8. The van der Waals surface area contributed by atoms with Crippen LogP contribution in [-0.4, -0.2) is 12.6 Å². The van der Waals surface area contributed by atoms with Crippen LogP contribution >= 0.6 is 0 Å². The van der Waals surface area contributed by atoms with Crippen LogP contribution in [0, 0.1) is 6.67 Å². The highest BCUT2D eigenvalue weighted by Gasteiger charge is 2.27. The van der Waals surface area contributed by atoms with Crippen LogP contribution in [0.4, 0.5) is 17.6 Å². The van der Waals surface area contributed by atoms with Crippen LogP contribution in [0.1, 0.15) is 12.8 Å². The number of alkyl halides is 3. The predicted octanol–water partition coefficient (Wildman–Crippen LogP) is 2.50. The predicted molar refractivity (Wildman–Crippen MR) is 25.6 cm³/mol. The lowest BCUT2D eigenvalue weighted by Crippen LogP contribution is -2.17. The van der Waals surface area contributed by atoms with Gasteiger partial charge in [-0.15, -0.1) is 0 Å². The van der Waals surface area contributed by atoms with Crippen LogP contribution in [-0.2, 0) is 0 Å². The second kappa shape index (κ2) is 3.69. The summed E-state index contributed by atoms with van der Waals surface area (Å²) in [4.78, 5) is 0. The minimum atomic E-state index is -3.34. The summed E-state index contributed by atoms with van der Waals surface area (Å²) in [6.07, 6.45) is -1.14. The van der Waals surface area contributed by atoms with Crippen molar-refractivity contribution in [3.05, 3.63) is 6.67 Å². The Labute approximate surface area is 50.9 Å². The van der Waals surface area contributed by atoms with Crippen LogP contribution in [0.2, 0.25) is 0 Å². The van der Waals surface area contributed by atoms with E-state index in [2.05, 4.69) is 0 Å². The molecule has 0 unspecified atom stereocenters. The Balaban J connectivity index is 3.33. The molecule has 0 N–H and O–H groups in total. The summed E-state index contributed by atoms with van der Waals surface area (Å²) in [7, 11) is 0. The van der Waals surface area contributed by atoms with Crippen LogP contribution in [0.5, 0.6) is 0 Å². The first-order chi connectivity index (χ1) is 4.12. The molecule has 0 atom stereocenters. The average Bonchev–Trinajstić information content (AvgIpc) is 1.84. The molecule has 0 amide bonds. The lowest BCUT2D eigenvalue weighted by Gasteiger charge is -2.08. The van der Waals surface area contributed by atoms with Gasteiger partial charge >= 0.3 is 0 Å². The van der Waals surface area contributed by atoms with Gasteiger partial charge in [-0.1, -0.05) is 0 Å². The van der Waals surface area contributed by atoms with Crippen molar-refractivity contribution in [2.45, 2.75) is 18.8 Å². The summed E-state index contributed by atoms with van der Waals surface area (Å²) in [6.45, 7) is -1.61. The SMILES string of the molecule is F[CH]CCC(F)(F)CF. The van der Waals surface area contributed by atoms with Gasteiger partial charge in [-0.3, -0.25) is 0 Å². The third-order valence-corrected chi connectivity index (χ3v) is 0.815. The van der Waals surface area contributed by atoms with Gasteiger partial charge in [0.05, 0.1) is 0 Å². The van der Waals surface area contributed by atoms with Crippen LogP contribution in [0.15, 0.2) is 0 Å². The Morgan fingerprint density at radius 1 is 1.33 bits per heavy atom. The van der Waals surface area contributed by atoms with Gasteiger partial charge < -0.3 is 0 Å². The van der Waals surface area contributed by atoms with Crippen LogP contribution < -0.4 is 0 Å². The second-order valence-corrected chi connectivity index (χ2v) is 1.68. The van der Waals surface area contributed by atoms with E-state index in [0.29, 0.717) is 0 Å². The van der Waals surface area contributed by atoms with Gasteiger partial charge in [-0.2, -0.15) is 0 Å². The van der Waals surface area contributed by atoms with Crippen molar-refractivity contribution >= 4 is 0 Å². The van der Waals surface area contributed by atoms with E-state index in [1.54, 1.807) is 0 Å². The minimum Gasteiger partial charge on any atom is -0.244 e. The van der Waals surface area contributed by atoms with Crippen molar-refractivity contribution in [1.82, 2.24) is 0 Å². The fraction of sp³-hybridized carbons (Fsp3) is 0.800. The highest BCUT2D eigenvalue weighted by Crippen LogP contribution is 2.21. The molecular weight excluding hydrogens is 136 g/mol. The molecule has 0 heterocycles. The number of halogens is 4. The zero-order valence-corrected chi connectivity index (χ0v) is 4.71. The van der Waals surface area contributed by atoms with Gasteiger partial charge in [0, 0.05) is 6.42 Å². The molecule has 55 valence electrons. The molecule has 0 aliphatic heterocycles. The van der Waals surface area contributed by atoms with Crippen molar-refractivity contribution < 1.29 is 17.6 Å². The molecule has 0 bridgehead atoms. The van der Waals surface area contributed by atoms with E-state index < -0.39 is 25.4 Å². The zero-order chi connectivity index (χ0) is 7.33. The lowest BCUT2D eigenvalue weighted by molar-refractivity contribution is -0.0309. The van der Waals surface area contributed by atoms with Gasteiger partial charge in [0.1, 0.15) is 6.67 Å². The summed E-state index contributed by atoms with van der Waals surface area (Å²) in [5.41, 5.74) is 0. The molecule has 0 saturated carbocycles. The Hall–Kier alpha value is -0.280. The molecule has 0 saturated heterocycles. The van der Waals surface area contributed by atoms with E-state index >= 15 is 0 Å². The smallest absolute Gasteiger partial charge is 0.244 e. The molecule has 0 fully saturated rings. The standard InChI is InChI=1S/C5H7F4/c6-3-1-2-5(8,9)4-7/h3H,1-2,4H2. The Morgan fingerprint density at radius 2 is 1.89 bits per heavy atom. The fourth-order valence-electron chi connectivity index (χ4n) is 0.333. The van der Waals surface area contributed by atoms with Gasteiger partial charge in [-0.25, -0.2) is 17.6 Å². The lowest BCUT2D eigenvalue weighted by atomic mass is 10.2. The van der Waals surface area contributed by atoms with Crippen molar-refractivity contribution in [2.24, 2.45) is 0 Å². The molecule has 0 aliphatic carbocycles. The van der Waals surface area contributed by atoms with Crippen molar-refractivity contribution in [1.29, 1.82) is 0 Å². The largest absolute Gasteiger partial charge is 0.276 e. The van der Waals surface area contributed by atoms with Crippen LogP contribution in [0.3, 0.4) is 0 Å². The first-order valence-electron chi connectivity index (χ1n) is 2.48. The summed E-state index contributed by atoms with van der Waals surface area (Å²) in [6, 6.07) is 0. The fourth-order valence-corrected chi connectivity index (χ4v) is 0.333. The maximum Gasteiger partial charge on any atom is 0.276 e. The van der Waals surface area contributed by atoms with Gasteiger partial charge in [0.2, 0.25) is 0 Å². The first kappa shape index (κ1) is 8.72. The average molecular weight is 143 g/mol. The third-order valence-electron chi connectivity index (χ3n) is 0.815. The van der Waals surface area contributed by atoms with Crippen molar-refractivity contribution in [3.8, 4) is 0 Å². The molecule has 4 heteroatoms. The zero-order valence-electron chi connectivity index (χ0n) is 4.71. The monoisotopic (exact) mass is 143 g/mol. The molecule has 0 aromatic heterocycles. The molecule has 0 nitrogen and oxygen atoms in total. The van der Waals surface area contributed by atoms with E-state index in [1.165, 1.54) is 0 Å². The Kier molecular flexibility index (Phi) is 3.58. The second-order valence-electron chi connectivity index (χ2n) is 1.68. The molecule has 1 radical (unpaired) electrons. The summed E-state index contributed by atoms with van der Waals surface area (Å²) >= 11 is 0. The van der Waals surface area contributed by atoms with E-state index in [-0.39, 0.29) is 6.67 Å². The molecule has 0 rings (SSSR count). The summed E-state index contributed by atoms with van der Waals surface area (Å²) in [5, 5.41) is 0. The first-order valence-corrected chi connectivity index (χ1v) is 2.48. The molecule has 0 aliphatic rings. The normalized spacial score (nSPS) is 12.0. The van der Waals surface area contributed by atoms with E-state index in [9.17, 15) is 17.6 Å². The van der Waals surface area contributed by atoms with Gasteiger partial charge in [-0.05, 0) is 6.42 Å². The van der Waals surface area contributed by atoms with Crippen LogP contribution in [0.25, 0.3) is 0 Å². The van der Waals surface area contributed by atoms with Gasteiger partial charge in [0.25, 0.3) is 5.92 Å². The van der Waals surface area contributed by atoms with Crippen molar-refractivity contribution in [2.75, 3.05) is 6.67 Å². The molecule has 9 heavy (non-hydrogen) atoms. The highest BCUT2D eigenvalue weighted by atomic mass is 19.3. The summed E-state index contributed by atoms with van der Waals surface area (Å²) in [5.74, 6) is -3.34. The molecule has 0 aromatic carbocycles. The molecular formula is C5H7F4. The Morgan fingerprint density at radius 3 is 2.22 bits per heavy atom. The topological polar surface area (TPSA) is 0 Å². The van der Waals surface area contributed by atoms with E-state index in [4.69, 9.17) is 0 Å². The number of hydrogen-bond acceptors (Lipinski definition) is 0. The number of rotatable bonds is 4. The third kappa shape index (κ3) is 4.24. The van der Waals surface area contributed by atoms with Gasteiger partial charge in [0.15, 0.2) is 6.67 Å². The Bertz CT molecular complexity index is 71.4. The minimum absolute atomic E-state index is 0.101. The highest BCUT2D eigenvalue weighted by molar-refractivity contribution is 4.66. The van der Waals surface area contributed by atoms with E-state index in [1.807, 2.05) is 0 Å². The van der Waals surface area contributed by atoms with E-state index in [0.717, 1.165) is 0 Å². The molecule has 0 spiro atoms. The number of hydrogen-bond donors (Lipinski definition) is 0.